The molecule has 1 N–H and O–H groups in total. The Morgan fingerprint density at radius 2 is 2.21 bits per heavy atom. The van der Waals surface area contributed by atoms with Crippen LogP contribution >= 0.6 is 23.2 Å². The summed E-state index contributed by atoms with van der Waals surface area (Å²) in [6.07, 6.45) is 1.44. The summed E-state index contributed by atoms with van der Waals surface area (Å²) in [7, 11) is 0. The summed E-state index contributed by atoms with van der Waals surface area (Å²) in [5, 5.41) is 4.55. The quantitative estimate of drug-likeness (QED) is 0.616. The molecule has 1 aromatic carbocycles. The van der Waals surface area contributed by atoms with Gasteiger partial charge in [-0.1, -0.05) is 35.3 Å². The summed E-state index contributed by atoms with van der Waals surface area (Å²) >= 11 is 11.6. The number of benzene rings is 1. The number of hydrogen-bond donors (Lipinski definition) is 1. The minimum atomic E-state index is -0.237. The van der Waals surface area contributed by atoms with E-state index in [1.807, 2.05) is 0 Å². The fraction of sp³-hybridized carbons (Fsp3) is 0.111. The molecule has 0 aromatic heterocycles. The van der Waals surface area contributed by atoms with Crippen molar-refractivity contribution in [1.82, 2.24) is 5.43 Å². The van der Waals surface area contributed by atoms with Gasteiger partial charge in [-0.05, 0) is 6.07 Å². The van der Waals surface area contributed by atoms with Crippen LogP contribution in [0.1, 0.15) is 12.5 Å². The Hall–Kier alpha value is -1.06. The van der Waals surface area contributed by atoms with Gasteiger partial charge in [0, 0.05) is 12.5 Å². The zero-order valence-corrected chi connectivity index (χ0v) is 8.93. The molecule has 0 aliphatic heterocycles. The molecule has 74 valence electrons. The van der Waals surface area contributed by atoms with Gasteiger partial charge in [0.15, 0.2) is 0 Å². The molecule has 1 rings (SSSR count). The van der Waals surface area contributed by atoms with Crippen molar-refractivity contribution in [3.8, 4) is 0 Å². The highest BCUT2D eigenvalue weighted by molar-refractivity contribution is 6.43. The highest BCUT2D eigenvalue weighted by Crippen LogP contribution is 2.23. The Kier molecular flexibility index (Phi) is 3.92. The summed E-state index contributed by atoms with van der Waals surface area (Å²) in [6, 6.07) is 5.18. The minimum Gasteiger partial charge on any atom is -0.274 e. The Morgan fingerprint density at radius 3 is 2.86 bits per heavy atom. The normalized spacial score (nSPS) is 10.5. The van der Waals surface area contributed by atoms with Crippen molar-refractivity contribution in [2.24, 2.45) is 5.10 Å². The van der Waals surface area contributed by atoms with E-state index in [2.05, 4.69) is 10.5 Å². The van der Waals surface area contributed by atoms with Gasteiger partial charge in [-0.3, -0.25) is 4.79 Å². The molecular weight excluding hydrogens is 223 g/mol. The van der Waals surface area contributed by atoms with Crippen molar-refractivity contribution in [3.05, 3.63) is 33.8 Å². The number of amides is 1. The SMILES string of the molecule is CC(=O)N/N=C\c1cccc(Cl)c1Cl. The molecule has 0 heterocycles. The van der Waals surface area contributed by atoms with Crippen molar-refractivity contribution in [2.75, 3.05) is 0 Å². The lowest BCUT2D eigenvalue weighted by Gasteiger charge is -1.99. The second kappa shape index (κ2) is 4.98. The molecule has 0 aliphatic carbocycles. The number of hydrazone groups is 1. The molecule has 0 unspecified atom stereocenters. The maximum absolute atomic E-state index is 10.5. The highest BCUT2D eigenvalue weighted by atomic mass is 35.5. The third-order valence-electron chi connectivity index (χ3n) is 1.41. The van der Waals surface area contributed by atoms with Crippen LogP contribution < -0.4 is 5.43 Å². The molecule has 0 bridgehead atoms. The number of halogens is 2. The molecule has 3 nitrogen and oxygen atoms in total. The molecule has 5 heteroatoms. The summed E-state index contributed by atoms with van der Waals surface area (Å²) < 4.78 is 0. The van der Waals surface area contributed by atoms with Crippen LogP contribution in [0.25, 0.3) is 0 Å². The Balaban J connectivity index is 2.81. The van der Waals surface area contributed by atoms with E-state index in [9.17, 15) is 4.79 Å². The summed E-state index contributed by atoms with van der Waals surface area (Å²) in [4.78, 5) is 10.5. The van der Waals surface area contributed by atoms with Crippen molar-refractivity contribution in [2.45, 2.75) is 6.92 Å². The lowest BCUT2D eigenvalue weighted by molar-refractivity contribution is -0.118. The van der Waals surface area contributed by atoms with Gasteiger partial charge in [0.05, 0.1) is 16.3 Å². The monoisotopic (exact) mass is 230 g/mol. The van der Waals surface area contributed by atoms with Gasteiger partial charge in [0.2, 0.25) is 5.91 Å². The maximum atomic E-state index is 10.5. The number of nitrogens with zero attached hydrogens (tertiary/aromatic N) is 1. The average molecular weight is 231 g/mol. The van der Waals surface area contributed by atoms with E-state index in [0.29, 0.717) is 15.6 Å². The highest BCUT2D eigenvalue weighted by Gasteiger charge is 2.00. The van der Waals surface area contributed by atoms with Crippen LogP contribution in [0.3, 0.4) is 0 Å². The first-order chi connectivity index (χ1) is 6.61. The van der Waals surface area contributed by atoms with E-state index >= 15 is 0 Å². The van der Waals surface area contributed by atoms with Crippen LogP contribution in [0, 0.1) is 0 Å². The first-order valence-electron chi connectivity index (χ1n) is 3.85. The van der Waals surface area contributed by atoms with E-state index in [1.54, 1.807) is 18.2 Å². The predicted octanol–water partition coefficient (Wildman–Crippen LogP) is 2.46. The maximum Gasteiger partial charge on any atom is 0.236 e. The van der Waals surface area contributed by atoms with E-state index in [-0.39, 0.29) is 5.91 Å². The lowest BCUT2D eigenvalue weighted by atomic mass is 10.2. The van der Waals surface area contributed by atoms with Crippen LogP contribution in [-0.2, 0) is 4.79 Å². The van der Waals surface area contributed by atoms with Crippen molar-refractivity contribution >= 4 is 35.3 Å². The fourth-order valence-electron chi connectivity index (χ4n) is 0.813. The first-order valence-corrected chi connectivity index (χ1v) is 4.60. The Morgan fingerprint density at radius 1 is 1.50 bits per heavy atom. The molecule has 0 spiro atoms. The average Bonchev–Trinajstić information content (AvgIpc) is 2.12. The standard InChI is InChI=1S/C9H8Cl2N2O/c1-6(14)13-12-5-7-3-2-4-8(10)9(7)11/h2-5H,1H3,(H,13,14)/b12-5-. The predicted molar refractivity (Wildman–Crippen MR) is 57.9 cm³/mol. The molecule has 0 aliphatic rings. The summed E-state index contributed by atoms with van der Waals surface area (Å²) in [5.41, 5.74) is 2.93. The molecule has 1 aromatic rings. The molecule has 0 saturated carbocycles. The van der Waals surface area contributed by atoms with E-state index in [0.717, 1.165) is 0 Å². The van der Waals surface area contributed by atoms with Crippen LogP contribution in [0.4, 0.5) is 0 Å². The van der Waals surface area contributed by atoms with Gasteiger partial charge in [-0.25, -0.2) is 5.43 Å². The first kappa shape index (κ1) is 11.0. The van der Waals surface area contributed by atoms with Gasteiger partial charge in [0.1, 0.15) is 0 Å². The molecule has 0 saturated heterocycles. The molecule has 14 heavy (non-hydrogen) atoms. The molecule has 0 fully saturated rings. The van der Waals surface area contributed by atoms with Gasteiger partial charge < -0.3 is 0 Å². The molecule has 0 atom stereocenters. The van der Waals surface area contributed by atoms with Crippen LogP contribution in [-0.4, -0.2) is 12.1 Å². The third-order valence-corrected chi connectivity index (χ3v) is 2.24. The van der Waals surface area contributed by atoms with Crippen molar-refractivity contribution < 1.29 is 4.79 Å². The number of carbonyl (C=O) groups is 1. The fourth-order valence-corrected chi connectivity index (χ4v) is 1.17. The van der Waals surface area contributed by atoms with Crippen molar-refractivity contribution in [1.29, 1.82) is 0 Å². The number of rotatable bonds is 2. The van der Waals surface area contributed by atoms with Crippen LogP contribution in [0.15, 0.2) is 23.3 Å². The zero-order chi connectivity index (χ0) is 10.6. The van der Waals surface area contributed by atoms with Crippen molar-refractivity contribution in [3.63, 3.8) is 0 Å². The lowest BCUT2D eigenvalue weighted by Crippen LogP contribution is -2.12. The minimum absolute atomic E-state index is 0.237. The van der Waals surface area contributed by atoms with E-state index in [4.69, 9.17) is 23.2 Å². The topological polar surface area (TPSA) is 41.5 Å². The van der Waals surface area contributed by atoms with Crippen LogP contribution in [0.5, 0.6) is 0 Å². The number of nitrogens with one attached hydrogen (secondary N) is 1. The second-order valence-corrected chi connectivity index (χ2v) is 3.35. The number of hydrogen-bond acceptors (Lipinski definition) is 2. The molecular formula is C9H8Cl2N2O. The molecule has 1 amide bonds. The smallest absolute Gasteiger partial charge is 0.236 e. The Labute approximate surface area is 91.7 Å². The Bertz CT molecular complexity index is 377. The molecule has 0 radical (unpaired) electrons. The number of carbonyl (C=O) groups excluding carboxylic acids is 1. The second-order valence-electron chi connectivity index (χ2n) is 2.57. The van der Waals surface area contributed by atoms with Gasteiger partial charge >= 0.3 is 0 Å². The summed E-state index contributed by atoms with van der Waals surface area (Å²) in [5.74, 6) is -0.237. The third kappa shape index (κ3) is 3.01. The zero-order valence-electron chi connectivity index (χ0n) is 7.42. The summed E-state index contributed by atoms with van der Waals surface area (Å²) in [6.45, 7) is 1.37. The van der Waals surface area contributed by atoms with E-state index < -0.39 is 0 Å². The van der Waals surface area contributed by atoms with Gasteiger partial charge in [-0.15, -0.1) is 0 Å². The van der Waals surface area contributed by atoms with Crippen LogP contribution in [0.2, 0.25) is 10.0 Å². The van der Waals surface area contributed by atoms with Gasteiger partial charge in [0.25, 0.3) is 0 Å². The largest absolute Gasteiger partial charge is 0.274 e. The van der Waals surface area contributed by atoms with Gasteiger partial charge in [-0.2, -0.15) is 5.10 Å². The van der Waals surface area contributed by atoms with E-state index in [1.165, 1.54) is 13.1 Å².